The van der Waals surface area contributed by atoms with Gasteiger partial charge < -0.3 is 10.1 Å². The highest BCUT2D eigenvalue weighted by molar-refractivity contribution is 5.33. The number of ether oxygens (including phenoxy) is 1. The van der Waals surface area contributed by atoms with E-state index in [1.807, 2.05) is 6.07 Å². The fraction of sp³-hybridized carbons (Fsp3) is 0.625. The summed E-state index contributed by atoms with van der Waals surface area (Å²) in [7, 11) is 0. The number of hydrogen-bond acceptors (Lipinski definition) is 2. The smallest absolute Gasteiger partial charge is 0.119 e. The molecule has 0 spiro atoms. The van der Waals surface area contributed by atoms with Gasteiger partial charge >= 0.3 is 0 Å². The van der Waals surface area contributed by atoms with E-state index in [1.54, 1.807) is 0 Å². The Balaban J connectivity index is 2.38. The molecule has 18 heavy (non-hydrogen) atoms. The second kappa shape index (κ2) is 6.24. The van der Waals surface area contributed by atoms with Gasteiger partial charge in [0, 0.05) is 18.0 Å². The van der Waals surface area contributed by atoms with Crippen molar-refractivity contribution >= 4 is 0 Å². The normalized spacial score (nSPS) is 13.4. The van der Waals surface area contributed by atoms with E-state index in [4.69, 9.17) is 4.74 Å². The lowest BCUT2D eigenvalue weighted by Gasteiger charge is -2.23. The van der Waals surface area contributed by atoms with Crippen LogP contribution in [0.1, 0.15) is 38.8 Å². The molecule has 1 aromatic carbocycles. The number of nitrogens with one attached hydrogen (secondary N) is 1. The van der Waals surface area contributed by atoms with Crippen molar-refractivity contribution in [2.75, 3.05) is 13.2 Å². The molecular weight excluding hydrogens is 222 g/mol. The van der Waals surface area contributed by atoms with Gasteiger partial charge in [0.15, 0.2) is 0 Å². The first-order valence-corrected chi connectivity index (χ1v) is 6.73. The number of rotatable bonds is 5. The lowest BCUT2D eigenvalue weighted by molar-refractivity contribution is 0.244. The second-order valence-electron chi connectivity index (χ2n) is 6.29. The molecule has 0 aliphatic rings. The molecule has 0 amide bonds. The van der Waals surface area contributed by atoms with Crippen molar-refractivity contribution < 1.29 is 4.74 Å². The van der Waals surface area contributed by atoms with Gasteiger partial charge in [-0.3, -0.25) is 0 Å². The zero-order valence-corrected chi connectivity index (χ0v) is 12.6. The molecule has 0 aromatic heterocycles. The van der Waals surface area contributed by atoms with Crippen LogP contribution in [0.5, 0.6) is 5.75 Å². The predicted molar refractivity (Wildman–Crippen MR) is 78.3 cm³/mol. The van der Waals surface area contributed by atoms with Crippen LogP contribution in [-0.2, 0) is 0 Å². The summed E-state index contributed by atoms with van der Waals surface area (Å²) in [4.78, 5) is 0. The lowest BCUT2D eigenvalue weighted by atomic mass is 10.1. The highest BCUT2D eigenvalue weighted by Crippen LogP contribution is 2.17. The average molecular weight is 249 g/mol. The van der Waals surface area contributed by atoms with Crippen LogP contribution in [0.15, 0.2) is 18.2 Å². The van der Waals surface area contributed by atoms with Crippen LogP contribution in [0.25, 0.3) is 0 Å². The second-order valence-corrected chi connectivity index (χ2v) is 6.29. The van der Waals surface area contributed by atoms with Crippen molar-refractivity contribution in [1.29, 1.82) is 0 Å². The summed E-state index contributed by atoms with van der Waals surface area (Å²) in [5.74, 6) is 1.48. The molecule has 1 unspecified atom stereocenters. The molecule has 0 heterocycles. The number of aryl methyl sites for hydroxylation is 2. The molecule has 0 aliphatic carbocycles. The first-order chi connectivity index (χ1) is 8.28. The average Bonchev–Trinajstić information content (AvgIpc) is 2.27. The quantitative estimate of drug-likeness (QED) is 0.859. The Hall–Kier alpha value is -1.02. The first-order valence-electron chi connectivity index (χ1n) is 6.73. The maximum Gasteiger partial charge on any atom is 0.119 e. The van der Waals surface area contributed by atoms with Crippen LogP contribution >= 0.6 is 0 Å². The molecule has 0 aliphatic heterocycles. The third-order valence-electron chi connectivity index (χ3n) is 2.99. The summed E-state index contributed by atoms with van der Waals surface area (Å²) < 4.78 is 5.83. The van der Waals surface area contributed by atoms with E-state index in [0.717, 1.165) is 18.9 Å². The maximum atomic E-state index is 5.83. The maximum absolute atomic E-state index is 5.83. The van der Waals surface area contributed by atoms with Crippen molar-refractivity contribution in [2.45, 2.75) is 47.1 Å². The SMILES string of the molecule is Cc1ccc(OCC(C)CNC(C)(C)C)cc1C. The van der Waals surface area contributed by atoms with Crippen molar-refractivity contribution in [3.8, 4) is 5.75 Å². The third kappa shape index (κ3) is 5.54. The Kier molecular flexibility index (Phi) is 5.21. The van der Waals surface area contributed by atoms with E-state index >= 15 is 0 Å². The fourth-order valence-corrected chi connectivity index (χ4v) is 1.58. The van der Waals surface area contributed by atoms with Gasteiger partial charge in [-0.2, -0.15) is 0 Å². The summed E-state index contributed by atoms with van der Waals surface area (Å²) in [5, 5.41) is 3.50. The summed E-state index contributed by atoms with van der Waals surface area (Å²) in [6.45, 7) is 14.7. The summed E-state index contributed by atoms with van der Waals surface area (Å²) in [6, 6.07) is 6.27. The van der Waals surface area contributed by atoms with Gasteiger partial charge in [0.05, 0.1) is 6.61 Å². The minimum absolute atomic E-state index is 0.175. The summed E-state index contributed by atoms with van der Waals surface area (Å²) in [5.41, 5.74) is 2.77. The van der Waals surface area contributed by atoms with Crippen LogP contribution in [0.4, 0.5) is 0 Å². The summed E-state index contributed by atoms with van der Waals surface area (Å²) >= 11 is 0. The van der Waals surface area contributed by atoms with Gasteiger partial charge in [-0.15, -0.1) is 0 Å². The topological polar surface area (TPSA) is 21.3 Å². The molecule has 1 aromatic rings. The van der Waals surface area contributed by atoms with Crippen LogP contribution < -0.4 is 10.1 Å². The Morgan fingerprint density at radius 2 is 1.83 bits per heavy atom. The Morgan fingerprint density at radius 1 is 1.17 bits per heavy atom. The highest BCUT2D eigenvalue weighted by Gasteiger charge is 2.11. The molecule has 0 saturated heterocycles. The third-order valence-corrected chi connectivity index (χ3v) is 2.99. The van der Waals surface area contributed by atoms with E-state index in [1.165, 1.54) is 11.1 Å². The zero-order valence-electron chi connectivity index (χ0n) is 12.6. The van der Waals surface area contributed by atoms with Crippen molar-refractivity contribution in [1.82, 2.24) is 5.32 Å². The molecule has 0 fully saturated rings. The molecule has 1 atom stereocenters. The Bertz CT molecular complexity index is 379. The number of benzene rings is 1. The molecule has 2 heteroatoms. The van der Waals surface area contributed by atoms with E-state index in [0.29, 0.717) is 5.92 Å². The minimum Gasteiger partial charge on any atom is -0.493 e. The molecule has 102 valence electrons. The van der Waals surface area contributed by atoms with E-state index in [-0.39, 0.29) is 5.54 Å². The summed E-state index contributed by atoms with van der Waals surface area (Å²) in [6.07, 6.45) is 0. The van der Waals surface area contributed by atoms with Crippen molar-refractivity contribution in [3.05, 3.63) is 29.3 Å². The van der Waals surface area contributed by atoms with Gasteiger partial charge in [0.2, 0.25) is 0 Å². The van der Waals surface area contributed by atoms with Gasteiger partial charge in [0.25, 0.3) is 0 Å². The molecule has 1 rings (SSSR count). The van der Waals surface area contributed by atoms with E-state index < -0.39 is 0 Å². The molecule has 0 bridgehead atoms. The fourth-order valence-electron chi connectivity index (χ4n) is 1.58. The molecule has 1 N–H and O–H groups in total. The van der Waals surface area contributed by atoms with Gasteiger partial charge in [0.1, 0.15) is 5.75 Å². The first kappa shape index (κ1) is 15.0. The molecular formula is C16H27NO. The lowest BCUT2D eigenvalue weighted by Crippen LogP contribution is -2.39. The van der Waals surface area contributed by atoms with Gasteiger partial charge in [-0.25, -0.2) is 0 Å². The highest BCUT2D eigenvalue weighted by atomic mass is 16.5. The van der Waals surface area contributed by atoms with E-state index in [2.05, 4.69) is 59.0 Å². The largest absolute Gasteiger partial charge is 0.493 e. The standard InChI is InChI=1S/C16H27NO/c1-12(10-17-16(4,5)6)11-18-15-8-7-13(2)14(3)9-15/h7-9,12,17H,10-11H2,1-6H3. The number of hydrogen-bond donors (Lipinski definition) is 1. The molecule has 0 saturated carbocycles. The van der Waals surface area contributed by atoms with Gasteiger partial charge in [-0.05, 0) is 57.9 Å². The van der Waals surface area contributed by atoms with Crippen molar-refractivity contribution in [3.63, 3.8) is 0 Å². The predicted octanol–water partition coefficient (Wildman–Crippen LogP) is 3.71. The minimum atomic E-state index is 0.175. The molecule has 2 nitrogen and oxygen atoms in total. The Labute approximate surface area is 112 Å². The van der Waals surface area contributed by atoms with Crippen LogP contribution in [0.2, 0.25) is 0 Å². The van der Waals surface area contributed by atoms with Crippen LogP contribution in [0.3, 0.4) is 0 Å². The molecule has 0 radical (unpaired) electrons. The van der Waals surface area contributed by atoms with E-state index in [9.17, 15) is 0 Å². The van der Waals surface area contributed by atoms with Crippen molar-refractivity contribution in [2.24, 2.45) is 5.92 Å². The van der Waals surface area contributed by atoms with Crippen LogP contribution in [-0.4, -0.2) is 18.7 Å². The monoisotopic (exact) mass is 249 g/mol. The Morgan fingerprint density at radius 3 is 2.39 bits per heavy atom. The zero-order chi connectivity index (χ0) is 13.8. The van der Waals surface area contributed by atoms with Crippen LogP contribution in [0, 0.1) is 19.8 Å². The van der Waals surface area contributed by atoms with Gasteiger partial charge in [-0.1, -0.05) is 13.0 Å².